The number of benzene rings is 1. The van der Waals surface area contributed by atoms with Gasteiger partial charge >= 0.3 is 0 Å². The quantitative estimate of drug-likeness (QED) is 0.793. The molecule has 1 saturated heterocycles. The van der Waals surface area contributed by atoms with Gasteiger partial charge in [-0.25, -0.2) is 0 Å². The Labute approximate surface area is 152 Å². The molecular weight excluding hydrogens is 340 g/mol. The molecule has 2 N–H and O–H groups in total. The van der Waals surface area contributed by atoms with Gasteiger partial charge in [-0.3, -0.25) is 4.79 Å². The van der Waals surface area contributed by atoms with Crippen molar-refractivity contribution in [3.8, 4) is 5.75 Å². The lowest BCUT2D eigenvalue weighted by Crippen LogP contribution is -3.13. The Hall–Kier alpha value is -1.98. The number of hydrogen-bond donors (Lipinski definition) is 2. The van der Waals surface area contributed by atoms with Crippen molar-refractivity contribution in [3.63, 3.8) is 0 Å². The Morgan fingerprint density at radius 2 is 1.96 bits per heavy atom. The molecule has 25 heavy (non-hydrogen) atoms. The number of piperidine rings is 1. The van der Waals surface area contributed by atoms with E-state index in [2.05, 4.69) is 5.32 Å². The average Bonchev–Trinajstić information content (AvgIpc) is 3.17. The summed E-state index contributed by atoms with van der Waals surface area (Å²) in [6.07, 6.45) is 5.42. The molecule has 1 amide bonds. The van der Waals surface area contributed by atoms with Gasteiger partial charge in [0.1, 0.15) is 5.75 Å². The van der Waals surface area contributed by atoms with E-state index >= 15 is 0 Å². The van der Waals surface area contributed by atoms with Crippen LogP contribution in [0.25, 0.3) is 0 Å². The number of furan rings is 1. The van der Waals surface area contributed by atoms with Crippen LogP contribution in [0.3, 0.4) is 0 Å². The summed E-state index contributed by atoms with van der Waals surface area (Å²) in [6.45, 7) is 2.76. The van der Waals surface area contributed by atoms with Crippen LogP contribution in [-0.4, -0.2) is 32.1 Å². The standard InChI is InChI=1S/C19H23ClN2O3/c20-15-6-8-16(9-7-15)25-14-19(23)21-13-17(18-5-4-12-24-18)22-10-2-1-3-11-22/h4-9,12,17H,1-3,10-11,13-14H2,(H,21,23)/p+1/t17-/m1/s1. The van der Waals surface area contributed by atoms with Crippen molar-refractivity contribution in [1.29, 1.82) is 0 Å². The molecule has 3 rings (SSSR count). The Kier molecular flexibility index (Phi) is 6.36. The Bertz CT molecular complexity index is 652. The third kappa shape index (κ3) is 5.25. The minimum absolute atomic E-state index is 0.0121. The van der Waals surface area contributed by atoms with Crippen molar-refractivity contribution < 1.29 is 18.8 Å². The SMILES string of the molecule is O=C(COc1ccc(Cl)cc1)NC[C@H](c1ccco1)[NH+]1CCCCC1. The molecule has 1 aliphatic rings. The summed E-state index contributed by atoms with van der Waals surface area (Å²) >= 11 is 5.84. The summed E-state index contributed by atoms with van der Waals surface area (Å²) < 4.78 is 11.1. The maximum Gasteiger partial charge on any atom is 0.258 e. The zero-order valence-electron chi connectivity index (χ0n) is 14.2. The fraction of sp³-hybridized carbons (Fsp3) is 0.421. The molecule has 0 spiro atoms. The van der Waals surface area contributed by atoms with Crippen LogP contribution >= 0.6 is 11.6 Å². The van der Waals surface area contributed by atoms with E-state index in [0.29, 0.717) is 17.3 Å². The first-order valence-corrected chi connectivity index (χ1v) is 9.13. The van der Waals surface area contributed by atoms with Crippen molar-refractivity contribution in [2.75, 3.05) is 26.2 Å². The van der Waals surface area contributed by atoms with Crippen molar-refractivity contribution in [2.45, 2.75) is 25.3 Å². The van der Waals surface area contributed by atoms with E-state index < -0.39 is 0 Å². The molecule has 134 valence electrons. The smallest absolute Gasteiger partial charge is 0.258 e. The monoisotopic (exact) mass is 363 g/mol. The summed E-state index contributed by atoms with van der Waals surface area (Å²) in [6, 6.07) is 11.0. The highest BCUT2D eigenvalue weighted by molar-refractivity contribution is 6.30. The minimum Gasteiger partial charge on any atom is -0.484 e. The van der Waals surface area contributed by atoms with Gasteiger partial charge in [-0.2, -0.15) is 0 Å². The zero-order chi connectivity index (χ0) is 17.5. The lowest BCUT2D eigenvalue weighted by Gasteiger charge is -2.30. The topological polar surface area (TPSA) is 55.9 Å². The molecule has 2 heterocycles. The summed E-state index contributed by atoms with van der Waals surface area (Å²) in [5.41, 5.74) is 0. The van der Waals surface area contributed by atoms with Gasteiger partial charge in [0.2, 0.25) is 0 Å². The zero-order valence-corrected chi connectivity index (χ0v) is 14.9. The first kappa shape index (κ1) is 17.8. The molecule has 0 aliphatic carbocycles. The second-order valence-electron chi connectivity index (χ2n) is 6.33. The second kappa shape index (κ2) is 8.92. The number of ether oxygens (including phenoxy) is 1. The van der Waals surface area contributed by atoms with Crippen LogP contribution in [0.15, 0.2) is 47.1 Å². The predicted molar refractivity (Wildman–Crippen MR) is 96.0 cm³/mol. The van der Waals surface area contributed by atoms with E-state index in [0.717, 1.165) is 18.8 Å². The van der Waals surface area contributed by atoms with Gasteiger partial charge in [0.25, 0.3) is 5.91 Å². The van der Waals surface area contributed by atoms with Crippen LogP contribution in [0.4, 0.5) is 0 Å². The van der Waals surface area contributed by atoms with Crippen LogP contribution < -0.4 is 15.0 Å². The molecule has 2 aromatic rings. The Morgan fingerprint density at radius 3 is 2.64 bits per heavy atom. The lowest BCUT2D eigenvalue weighted by molar-refractivity contribution is -0.936. The fourth-order valence-electron chi connectivity index (χ4n) is 3.24. The predicted octanol–water partition coefficient (Wildman–Crippen LogP) is 2.24. The van der Waals surface area contributed by atoms with E-state index in [1.807, 2.05) is 12.1 Å². The maximum atomic E-state index is 12.1. The maximum absolute atomic E-state index is 12.1. The van der Waals surface area contributed by atoms with Gasteiger partial charge in [0, 0.05) is 5.02 Å². The molecule has 1 aliphatic heterocycles. The summed E-state index contributed by atoms with van der Waals surface area (Å²) in [5.74, 6) is 1.42. The number of carbonyl (C=O) groups excluding carboxylic acids is 1. The summed E-state index contributed by atoms with van der Waals surface area (Å²) in [5, 5.41) is 3.62. The van der Waals surface area contributed by atoms with Crippen LogP contribution in [0.2, 0.25) is 5.02 Å². The molecular formula is C19H24ClN2O3+. The molecule has 1 atom stereocenters. The Balaban J connectivity index is 1.51. The van der Waals surface area contributed by atoms with Crippen LogP contribution in [0, 0.1) is 0 Å². The molecule has 6 heteroatoms. The van der Waals surface area contributed by atoms with Gasteiger partial charge in [0.15, 0.2) is 18.4 Å². The van der Waals surface area contributed by atoms with Crippen molar-refractivity contribution in [2.24, 2.45) is 0 Å². The van der Waals surface area contributed by atoms with E-state index in [4.69, 9.17) is 20.8 Å². The van der Waals surface area contributed by atoms with Crippen molar-refractivity contribution in [3.05, 3.63) is 53.4 Å². The minimum atomic E-state index is -0.136. The van der Waals surface area contributed by atoms with E-state index in [1.54, 1.807) is 30.5 Å². The third-order valence-corrected chi connectivity index (χ3v) is 4.81. The number of amides is 1. The van der Waals surface area contributed by atoms with Crippen LogP contribution in [0.1, 0.15) is 31.1 Å². The number of quaternary nitrogens is 1. The first-order chi connectivity index (χ1) is 12.2. The highest BCUT2D eigenvalue weighted by Crippen LogP contribution is 2.15. The third-order valence-electron chi connectivity index (χ3n) is 4.56. The van der Waals surface area contributed by atoms with E-state index in [1.165, 1.54) is 24.2 Å². The van der Waals surface area contributed by atoms with Gasteiger partial charge in [-0.15, -0.1) is 0 Å². The van der Waals surface area contributed by atoms with Gasteiger partial charge in [-0.1, -0.05) is 11.6 Å². The van der Waals surface area contributed by atoms with E-state index in [-0.39, 0.29) is 18.6 Å². The normalized spacial score (nSPS) is 16.4. The molecule has 1 aromatic carbocycles. The van der Waals surface area contributed by atoms with Crippen LogP contribution in [-0.2, 0) is 4.79 Å². The Morgan fingerprint density at radius 1 is 1.20 bits per heavy atom. The first-order valence-electron chi connectivity index (χ1n) is 8.75. The van der Waals surface area contributed by atoms with Gasteiger partial charge < -0.3 is 19.4 Å². The molecule has 0 radical (unpaired) electrons. The molecule has 1 fully saturated rings. The van der Waals surface area contributed by atoms with E-state index in [9.17, 15) is 4.79 Å². The number of hydrogen-bond acceptors (Lipinski definition) is 3. The number of rotatable bonds is 7. The average molecular weight is 364 g/mol. The fourth-order valence-corrected chi connectivity index (χ4v) is 3.36. The molecule has 0 saturated carbocycles. The van der Waals surface area contributed by atoms with Crippen molar-refractivity contribution in [1.82, 2.24) is 5.32 Å². The number of carbonyl (C=O) groups is 1. The molecule has 0 bridgehead atoms. The summed E-state index contributed by atoms with van der Waals surface area (Å²) in [4.78, 5) is 13.6. The van der Waals surface area contributed by atoms with Crippen molar-refractivity contribution >= 4 is 17.5 Å². The molecule has 0 unspecified atom stereocenters. The highest BCUT2D eigenvalue weighted by Gasteiger charge is 2.28. The van der Waals surface area contributed by atoms with Gasteiger partial charge in [0.05, 0.1) is 25.9 Å². The highest BCUT2D eigenvalue weighted by atomic mass is 35.5. The lowest BCUT2D eigenvalue weighted by atomic mass is 10.1. The van der Waals surface area contributed by atoms with Gasteiger partial charge in [-0.05, 0) is 55.7 Å². The van der Waals surface area contributed by atoms with Crippen LogP contribution in [0.5, 0.6) is 5.75 Å². The molecule has 1 aromatic heterocycles. The second-order valence-corrected chi connectivity index (χ2v) is 6.77. The number of nitrogens with one attached hydrogen (secondary N) is 2. The largest absolute Gasteiger partial charge is 0.484 e. The summed E-state index contributed by atoms with van der Waals surface area (Å²) in [7, 11) is 0. The molecule has 5 nitrogen and oxygen atoms in total. The number of likely N-dealkylation sites (tertiary alicyclic amines) is 1. The number of halogens is 1.